The zero-order valence-corrected chi connectivity index (χ0v) is 24.8. The molecule has 0 radical (unpaired) electrons. The number of hydrogen-bond donors (Lipinski definition) is 0. The van der Waals surface area contributed by atoms with Crippen LogP contribution in [0.25, 0.3) is 0 Å². The van der Waals surface area contributed by atoms with Gasteiger partial charge in [0.2, 0.25) is 0 Å². The number of hydrogen-bond acceptors (Lipinski definition) is 5. The van der Waals surface area contributed by atoms with Crippen molar-refractivity contribution in [1.29, 1.82) is 0 Å². The standard InChI is InChI=1S/C35H47NO4/c1-6-14-39-32(38)35-31(23(2)3)16-27-17-33(35,21-37)30-13-12-24(4)29(30)18-34(27,35)22-40-28-15-25(5)36(20-28)19-26-10-8-7-9-11-26/h6-11,16,21,23-25,27-30H,1,12-15,17-20,22H2,2-5H3/t24-,25+,27+,28-,29-,30-,33+,34+,35+/m1/s1. The summed E-state index contributed by atoms with van der Waals surface area (Å²) in [5.41, 5.74) is 0.326. The van der Waals surface area contributed by atoms with Crippen LogP contribution in [0, 0.1) is 45.8 Å². The van der Waals surface area contributed by atoms with E-state index in [-0.39, 0.29) is 36.4 Å². The highest BCUT2D eigenvalue weighted by atomic mass is 16.5. The summed E-state index contributed by atoms with van der Waals surface area (Å²) in [7, 11) is 0. The molecule has 1 heterocycles. The minimum Gasteiger partial charge on any atom is -0.461 e. The van der Waals surface area contributed by atoms with Gasteiger partial charge in [0.05, 0.1) is 18.1 Å². The van der Waals surface area contributed by atoms with Gasteiger partial charge in [-0.25, -0.2) is 0 Å². The fourth-order valence-corrected chi connectivity index (χ4v) is 10.3. The van der Waals surface area contributed by atoms with Crippen LogP contribution < -0.4 is 0 Å². The summed E-state index contributed by atoms with van der Waals surface area (Å²) in [6.45, 7) is 15.3. The number of allylic oxidation sites excluding steroid dienone is 1. The number of esters is 1. The van der Waals surface area contributed by atoms with Crippen LogP contribution in [0.3, 0.4) is 0 Å². The Kier molecular flexibility index (Phi) is 7.14. The van der Waals surface area contributed by atoms with Crippen LogP contribution in [0.2, 0.25) is 0 Å². The monoisotopic (exact) mass is 545 g/mol. The van der Waals surface area contributed by atoms with Gasteiger partial charge in [0.25, 0.3) is 0 Å². The molecule has 3 saturated carbocycles. The van der Waals surface area contributed by atoms with Crippen molar-refractivity contribution < 1.29 is 19.1 Å². The third kappa shape index (κ3) is 3.72. The van der Waals surface area contributed by atoms with Gasteiger partial charge in [0.15, 0.2) is 0 Å². The Bertz CT molecular complexity index is 1180. The van der Waals surface area contributed by atoms with Crippen molar-refractivity contribution >= 4 is 12.3 Å². The van der Waals surface area contributed by atoms with Crippen LogP contribution in [0.5, 0.6) is 0 Å². The lowest BCUT2D eigenvalue weighted by molar-refractivity contribution is -0.192. The van der Waals surface area contributed by atoms with Gasteiger partial charge in [-0.05, 0) is 67.8 Å². The molecule has 5 aliphatic rings. The fraction of sp³-hybridized carbons (Fsp3) is 0.657. The Morgan fingerprint density at radius 3 is 2.65 bits per heavy atom. The molecule has 1 aliphatic heterocycles. The van der Waals surface area contributed by atoms with E-state index in [1.54, 1.807) is 6.08 Å². The highest BCUT2D eigenvalue weighted by molar-refractivity contribution is 5.91. The van der Waals surface area contributed by atoms with E-state index in [2.05, 4.69) is 75.6 Å². The van der Waals surface area contributed by atoms with E-state index < -0.39 is 16.2 Å². The minimum absolute atomic E-state index is 0.112. The predicted octanol–water partition coefficient (Wildman–Crippen LogP) is 6.24. The Balaban J connectivity index is 1.35. The van der Waals surface area contributed by atoms with Crippen LogP contribution in [-0.4, -0.2) is 49.1 Å². The van der Waals surface area contributed by atoms with Crippen molar-refractivity contribution in [2.75, 3.05) is 19.8 Å². The van der Waals surface area contributed by atoms with Crippen molar-refractivity contribution in [2.24, 2.45) is 45.8 Å². The molecule has 1 aromatic rings. The average molecular weight is 546 g/mol. The first-order valence-corrected chi connectivity index (χ1v) is 15.6. The quantitative estimate of drug-likeness (QED) is 0.198. The molecule has 0 aromatic heterocycles. The first kappa shape index (κ1) is 27.9. The maximum Gasteiger partial charge on any atom is 0.318 e. The Labute approximate surface area is 240 Å². The van der Waals surface area contributed by atoms with E-state index in [4.69, 9.17) is 9.47 Å². The molecule has 216 valence electrons. The summed E-state index contributed by atoms with van der Waals surface area (Å²) >= 11 is 0. The summed E-state index contributed by atoms with van der Waals surface area (Å²) < 4.78 is 12.9. The average Bonchev–Trinajstić information content (AvgIpc) is 3.63. The third-order valence-corrected chi connectivity index (χ3v) is 11.9. The number of benzene rings is 1. The second-order valence-electron chi connectivity index (χ2n) is 14.0. The molecule has 0 spiro atoms. The summed E-state index contributed by atoms with van der Waals surface area (Å²) in [4.78, 5) is 30.5. The van der Waals surface area contributed by atoms with Gasteiger partial charge in [-0.1, -0.05) is 81.8 Å². The lowest BCUT2D eigenvalue weighted by Crippen LogP contribution is -2.64. The highest BCUT2D eigenvalue weighted by Crippen LogP contribution is 2.82. The van der Waals surface area contributed by atoms with Crippen LogP contribution in [-0.2, 0) is 25.6 Å². The zero-order valence-electron chi connectivity index (χ0n) is 24.8. The van der Waals surface area contributed by atoms with Crippen molar-refractivity contribution in [3.05, 3.63) is 60.2 Å². The van der Waals surface area contributed by atoms with Crippen LogP contribution >= 0.6 is 0 Å². The van der Waals surface area contributed by atoms with Gasteiger partial charge in [0, 0.05) is 24.5 Å². The molecule has 4 aliphatic carbocycles. The van der Waals surface area contributed by atoms with Crippen molar-refractivity contribution in [1.82, 2.24) is 4.90 Å². The van der Waals surface area contributed by atoms with Gasteiger partial charge in [-0.15, -0.1) is 0 Å². The van der Waals surface area contributed by atoms with Crippen LogP contribution in [0.4, 0.5) is 0 Å². The number of fused-ring (bicyclic) bond motifs is 2. The fourth-order valence-electron chi connectivity index (χ4n) is 10.3. The molecule has 9 atom stereocenters. The number of likely N-dealkylation sites (tertiary alicyclic amines) is 1. The molecule has 0 unspecified atom stereocenters. The van der Waals surface area contributed by atoms with Crippen molar-refractivity contribution in [2.45, 2.75) is 78.5 Å². The van der Waals surface area contributed by atoms with E-state index in [1.807, 2.05) is 0 Å². The number of ether oxygens (including phenoxy) is 2. The Hall–Kier alpha value is -2.24. The number of aldehydes is 1. The minimum atomic E-state index is -0.956. The van der Waals surface area contributed by atoms with Crippen molar-refractivity contribution in [3.63, 3.8) is 0 Å². The van der Waals surface area contributed by atoms with Gasteiger partial charge >= 0.3 is 5.97 Å². The normalized spacial score (nSPS) is 41.7. The molecular weight excluding hydrogens is 498 g/mol. The van der Waals surface area contributed by atoms with E-state index >= 15 is 0 Å². The van der Waals surface area contributed by atoms with Gasteiger partial charge in [-0.2, -0.15) is 0 Å². The molecule has 1 saturated heterocycles. The second kappa shape index (κ2) is 10.2. The van der Waals surface area contributed by atoms with E-state index in [9.17, 15) is 9.59 Å². The van der Waals surface area contributed by atoms with Crippen LogP contribution in [0.15, 0.2) is 54.6 Å². The zero-order chi connectivity index (χ0) is 28.3. The second-order valence-corrected chi connectivity index (χ2v) is 14.0. The molecule has 5 nitrogen and oxygen atoms in total. The Morgan fingerprint density at radius 1 is 1.18 bits per heavy atom. The van der Waals surface area contributed by atoms with Gasteiger partial charge < -0.3 is 14.3 Å². The smallest absolute Gasteiger partial charge is 0.318 e. The summed E-state index contributed by atoms with van der Waals surface area (Å²) in [6, 6.07) is 11.1. The number of rotatable bonds is 10. The van der Waals surface area contributed by atoms with Crippen molar-refractivity contribution in [3.8, 4) is 0 Å². The largest absolute Gasteiger partial charge is 0.461 e. The highest BCUT2D eigenvalue weighted by Gasteiger charge is 2.84. The SMILES string of the molecule is C=CCOC(=O)[C@@]12C(C(C)C)=C[C@H]3C[C@]1(C=O)[C@@H]1CC[C@@H](C)[C@H]1C[C@]32CO[C@@H]1C[C@H](C)N(Cc2ccccc2)C1. The summed E-state index contributed by atoms with van der Waals surface area (Å²) in [5, 5.41) is 0. The summed E-state index contributed by atoms with van der Waals surface area (Å²) in [5.74, 6) is 1.32. The molecule has 5 heteroatoms. The number of carbonyl (C=O) groups excluding carboxylic acids is 2. The molecule has 4 fully saturated rings. The molecule has 6 rings (SSSR count). The first-order chi connectivity index (χ1) is 19.2. The maximum atomic E-state index is 14.5. The lowest BCUT2D eigenvalue weighted by atomic mass is 9.43. The van der Waals surface area contributed by atoms with E-state index in [1.165, 1.54) is 11.8 Å². The Morgan fingerprint density at radius 2 is 1.95 bits per heavy atom. The molecular formula is C35H47NO4. The lowest BCUT2D eigenvalue weighted by Gasteiger charge is -2.59. The van der Waals surface area contributed by atoms with Gasteiger partial charge in [-0.3, -0.25) is 9.69 Å². The van der Waals surface area contributed by atoms with Crippen LogP contribution in [0.1, 0.15) is 65.4 Å². The molecule has 0 amide bonds. The maximum absolute atomic E-state index is 14.5. The topological polar surface area (TPSA) is 55.8 Å². The van der Waals surface area contributed by atoms with E-state index in [0.29, 0.717) is 24.5 Å². The summed E-state index contributed by atoms with van der Waals surface area (Å²) in [6.07, 6.45) is 10.1. The van der Waals surface area contributed by atoms with E-state index in [0.717, 1.165) is 50.8 Å². The van der Waals surface area contributed by atoms with Gasteiger partial charge in [0.1, 0.15) is 18.3 Å². The first-order valence-electron chi connectivity index (χ1n) is 15.6. The number of nitrogens with zero attached hydrogens (tertiary/aromatic N) is 1. The molecule has 4 bridgehead atoms. The molecule has 1 aromatic carbocycles. The molecule has 40 heavy (non-hydrogen) atoms. The molecule has 0 N–H and O–H groups in total. The number of carbonyl (C=O) groups is 2. The third-order valence-electron chi connectivity index (χ3n) is 11.9. The predicted molar refractivity (Wildman–Crippen MR) is 156 cm³/mol.